The number of hydrogen-bond acceptors (Lipinski definition) is 2. The first kappa shape index (κ1) is 16.3. The quantitative estimate of drug-likeness (QED) is 0.588. The maximum Gasteiger partial charge on any atom is 0.252 e. The normalized spacial score (nSPS) is 17.0. The predicted octanol–water partition coefficient (Wildman–Crippen LogP) is 5.16. The van der Waals surface area contributed by atoms with Crippen molar-refractivity contribution in [1.29, 1.82) is 0 Å². The minimum Gasteiger partial charge on any atom is -0.345 e. The monoisotopic (exact) mass is 491 g/mol. The summed E-state index contributed by atoms with van der Waals surface area (Å²) in [4.78, 5) is 13.6. The van der Waals surface area contributed by atoms with E-state index < -0.39 is 0 Å². The van der Waals surface area contributed by atoms with E-state index >= 15 is 0 Å². The molecule has 0 aromatic heterocycles. The number of benzene rings is 2. The molecule has 0 saturated heterocycles. The summed E-state index contributed by atoms with van der Waals surface area (Å²) in [6, 6.07) is 10.2. The molecule has 0 bridgehead atoms. The van der Waals surface area contributed by atoms with Crippen molar-refractivity contribution < 1.29 is 9.18 Å². The molecule has 1 heterocycles. The van der Waals surface area contributed by atoms with Crippen LogP contribution in [-0.4, -0.2) is 11.7 Å². The van der Waals surface area contributed by atoms with Crippen LogP contribution in [0, 0.1) is 9.39 Å². The molecule has 3 rings (SSSR count). The van der Waals surface area contributed by atoms with Crippen molar-refractivity contribution in [2.75, 3.05) is 5.75 Å². The second kappa shape index (κ2) is 6.88. The van der Waals surface area contributed by atoms with Gasteiger partial charge in [0.15, 0.2) is 0 Å². The van der Waals surface area contributed by atoms with Crippen LogP contribution in [0.2, 0.25) is 0 Å². The molecular formula is C16H12BrFINOS. The van der Waals surface area contributed by atoms with Crippen LogP contribution in [0.5, 0.6) is 0 Å². The molecule has 2 aromatic carbocycles. The van der Waals surface area contributed by atoms with E-state index in [0.29, 0.717) is 5.56 Å². The van der Waals surface area contributed by atoms with Crippen molar-refractivity contribution in [2.45, 2.75) is 17.4 Å². The molecule has 1 amide bonds. The van der Waals surface area contributed by atoms with E-state index in [9.17, 15) is 9.18 Å². The minimum absolute atomic E-state index is 0.127. The van der Waals surface area contributed by atoms with Crippen molar-refractivity contribution in [3.63, 3.8) is 0 Å². The summed E-state index contributed by atoms with van der Waals surface area (Å²) >= 11 is 7.24. The fourth-order valence-corrected chi connectivity index (χ4v) is 4.47. The van der Waals surface area contributed by atoms with Crippen LogP contribution in [-0.2, 0) is 0 Å². The highest BCUT2D eigenvalue weighted by Gasteiger charge is 2.24. The molecule has 2 aromatic rings. The van der Waals surface area contributed by atoms with E-state index in [1.165, 1.54) is 12.1 Å². The average molecular weight is 492 g/mol. The molecule has 0 saturated carbocycles. The summed E-state index contributed by atoms with van der Waals surface area (Å²) in [7, 11) is 0. The number of hydrogen-bond donors (Lipinski definition) is 1. The Bertz CT molecular complexity index is 740. The second-order valence-corrected chi connectivity index (χ2v) is 8.18. The Hall–Kier alpha value is -0.600. The SMILES string of the molecule is O=C(NC1CCSc2ccc(F)cc21)c1cc(Br)ccc1I. The molecule has 114 valence electrons. The standard InChI is InChI=1S/C16H12BrFINOS/c17-9-1-3-13(19)11(7-9)16(21)20-14-5-6-22-15-4-2-10(18)8-12(14)15/h1-4,7-8,14H,5-6H2,(H,20,21). The Balaban J connectivity index is 1.87. The molecule has 1 aliphatic heterocycles. The number of fused-ring (bicyclic) bond motifs is 1. The van der Waals surface area contributed by atoms with Gasteiger partial charge in [-0.1, -0.05) is 15.9 Å². The topological polar surface area (TPSA) is 29.1 Å². The predicted molar refractivity (Wildman–Crippen MR) is 98.8 cm³/mol. The molecular weight excluding hydrogens is 480 g/mol. The maximum absolute atomic E-state index is 13.5. The first-order valence-corrected chi connectivity index (χ1v) is 9.58. The van der Waals surface area contributed by atoms with Crippen molar-refractivity contribution >= 4 is 56.2 Å². The highest BCUT2D eigenvalue weighted by Crippen LogP contribution is 2.36. The van der Waals surface area contributed by atoms with Gasteiger partial charge >= 0.3 is 0 Å². The van der Waals surface area contributed by atoms with Crippen molar-refractivity contribution in [1.82, 2.24) is 5.32 Å². The van der Waals surface area contributed by atoms with Crippen molar-refractivity contribution in [3.05, 3.63) is 61.4 Å². The fourth-order valence-electron chi connectivity index (χ4n) is 2.42. The number of halogens is 3. The first-order chi connectivity index (χ1) is 10.5. The highest BCUT2D eigenvalue weighted by molar-refractivity contribution is 14.1. The molecule has 6 heteroatoms. The van der Waals surface area contributed by atoms with Gasteiger partial charge in [0.2, 0.25) is 0 Å². The third kappa shape index (κ3) is 3.49. The second-order valence-electron chi connectivity index (χ2n) is 4.97. The maximum atomic E-state index is 13.5. The minimum atomic E-state index is -0.266. The van der Waals surface area contributed by atoms with Gasteiger partial charge in [-0.05, 0) is 71.0 Å². The number of carbonyl (C=O) groups is 1. The van der Waals surface area contributed by atoms with E-state index in [1.54, 1.807) is 23.9 Å². The zero-order valence-corrected chi connectivity index (χ0v) is 16.0. The molecule has 2 nitrogen and oxygen atoms in total. The lowest BCUT2D eigenvalue weighted by Crippen LogP contribution is -2.31. The third-order valence-corrected chi connectivity index (χ3v) is 6.05. The molecule has 0 aliphatic carbocycles. The van der Waals surface area contributed by atoms with Crippen molar-refractivity contribution in [3.8, 4) is 0 Å². The van der Waals surface area contributed by atoms with Crippen LogP contribution in [0.15, 0.2) is 45.8 Å². The van der Waals surface area contributed by atoms with Gasteiger partial charge < -0.3 is 5.32 Å². The number of nitrogens with one attached hydrogen (secondary N) is 1. The van der Waals surface area contributed by atoms with Crippen LogP contribution in [0.4, 0.5) is 4.39 Å². The van der Waals surface area contributed by atoms with Gasteiger partial charge in [0.1, 0.15) is 5.82 Å². The molecule has 0 spiro atoms. The lowest BCUT2D eigenvalue weighted by atomic mass is 10.0. The van der Waals surface area contributed by atoms with Gasteiger partial charge in [-0.25, -0.2) is 4.39 Å². The van der Waals surface area contributed by atoms with Crippen molar-refractivity contribution in [2.24, 2.45) is 0 Å². The summed E-state index contributed by atoms with van der Waals surface area (Å²) in [6.07, 6.45) is 0.803. The first-order valence-electron chi connectivity index (χ1n) is 6.73. The molecule has 1 unspecified atom stereocenters. The largest absolute Gasteiger partial charge is 0.345 e. The van der Waals surface area contributed by atoms with E-state index in [1.807, 2.05) is 12.1 Å². The Labute approximate surface area is 154 Å². The molecule has 1 atom stereocenters. The lowest BCUT2D eigenvalue weighted by Gasteiger charge is -2.26. The van der Waals surface area contributed by atoms with E-state index in [4.69, 9.17) is 0 Å². The van der Waals surface area contributed by atoms with Gasteiger partial charge in [0, 0.05) is 18.7 Å². The Kier molecular flexibility index (Phi) is 5.09. The Morgan fingerprint density at radius 3 is 2.95 bits per heavy atom. The molecule has 0 fully saturated rings. The molecule has 1 aliphatic rings. The summed E-state index contributed by atoms with van der Waals surface area (Å²) in [6.45, 7) is 0. The Morgan fingerprint density at radius 1 is 1.32 bits per heavy atom. The summed E-state index contributed by atoms with van der Waals surface area (Å²) in [5.41, 5.74) is 1.50. The summed E-state index contributed by atoms with van der Waals surface area (Å²) < 4.78 is 15.3. The molecule has 1 N–H and O–H groups in total. The van der Waals surface area contributed by atoms with E-state index in [0.717, 1.165) is 30.7 Å². The number of thioether (sulfide) groups is 1. The van der Waals surface area contributed by atoms with Gasteiger partial charge in [-0.2, -0.15) is 0 Å². The highest BCUT2D eigenvalue weighted by atomic mass is 127. The van der Waals surface area contributed by atoms with Crippen LogP contribution in [0.25, 0.3) is 0 Å². The number of carbonyl (C=O) groups excluding carboxylic acids is 1. The third-order valence-electron chi connectivity index (χ3n) is 3.49. The van der Waals surface area contributed by atoms with Crippen LogP contribution in [0.3, 0.4) is 0 Å². The van der Waals surface area contributed by atoms with E-state index in [2.05, 4.69) is 43.8 Å². The van der Waals surface area contributed by atoms with Gasteiger partial charge in [-0.15, -0.1) is 11.8 Å². The number of rotatable bonds is 2. The average Bonchev–Trinajstić information content (AvgIpc) is 2.50. The smallest absolute Gasteiger partial charge is 0.252 e. The lowest BCUT2D eigenvalue weighted by molar-refractivity contribution is 0.0934. The van der Waals surface area contributed by atoms with Gasteiger partial charge in [0.05, 0.1) is 11.6 Å². The molecule has 22 heavy (non-hydrogen) atoms. The van der Waals surface area contributed by atoms with Crippen LogP contribution < -0.4 is 5.32 Å². The van der Waals surface area contributed by atoms with Gasteiger partial charge in [0.25, 0.3) is 5.91 Å². The summed E-state index contributed by atoms with van der Waals surface area (Å²) in [5, 5.41) is 3.04. The number of amides is 1. The van der Waals surface area contributed by atoms with E-state index in [-0.39, 0.29) is 17.8 Å². The Morgan fingerprint density at radius 2 is 2.14 bits per heavy atom. The van der Waals surface area contributed by atoms with Crippen LogP contribution >= 0.6 is 50.3 Å². The fraction of sp³-hybridized carbons (Fsp3) is 0.188. The zero-order chi connectivity index (χ0) is 15.7. The molecule has 0 radical (unpaired) electrons. The van der Waals surface area contributed by atoms with Gasteiger partial charge in [-0.3, -0.25) is 4.79 Å². The summed E-state index contributed by atoms with van der Waals surface area (Å²) in [5.74, 6) is 0.523. The van der Waals surface area contributed by atoms with Crippen LogP contribution in [0.1, 0.15) is 28.4 Å². The zero-order valence-electron chi connectivity index (χ0n) is 11.4.